The van der Waals surface area contributed by atoms with Gasteiger partial charge in [0.15, 0.2) is 5.82 Å². The number of nitrogens with zero attached hydrogens (tertiary/aromatic N) is 2. The molecule has 11 aromatic rings. The summed E-state index contributed by atoms with van der Waals surface area (Å²) in [6.07, 6.45) is 0. The topological polar surface area (TPSA) is 25.8 Å². The molecule has 3 heteroatoms. The van der Waals surface area contributed by atoms with Crippen LogP contribution in [-0.2, 0) is 0 Å². The predicted octanol–water partition coefficient (Wildman–Crippen LogP) is 14.1. The van der Waals surface area contributed by atoms with Crippen molar-refractivity contribution in [2.45, 2.75) is 0 Å². The Morgan fingerprint density at radius 1 is 0.340 bits per heavy atom. The molecular weight excluding hydrogens is 661 g/mol. The van der Waals surface area contributed by atoms with Crippen molar-refractivity contribution in [1.29, 1.82) is 0 Å². The molecular formula is C50H30N2S. The average molecular weight is 691 g/mol. The molecule has 9 aromatic carbocycles. The Balaban J connectivity index is 1.07. The van der Waals surface area contributed by atoms with Gasteiger partial charge in [0.25, 0.3) is 0 Å². The summed E-state index contributed by atoms with van der Waals surface area (Å²) in [6, 6.07) is 65.5. The maximum atomic E-state index is 5.23. The van der Waals surface area contributed by atoms with Gasteiger partial charge < -0.3 is 0 Å². The van der Waals surface area contributed by atoms with E-state index in [2.05, 4.69) is 158 Å². The van der Waals surface area contributed by atoms with E-state index < -0.39 is 0 Å². The Hall–Kier alpha value is -6.68. The second-order valence-corrected chi connectivity index (χ2v) is 14.8. The van der Waals surface area contributed by atoms with Gasteiger partial charge in [-0.15, -0.1) is 11.3 Å². The average Bonchev–Trinajstić information content (AvgIpc) is 3.63. The standard InChI is InChI=1S/C50H30N2S/c1-3-10-33(11-4-1)43-30-44(52-50(51-43)37-12-5-2-6-13-37)41-29-28-39(49-48(41)42-16-7-8-17-45(42)53-49)32-20-18-31(19-21-32)38-26-24-36-23-22-34-14-9-15-35-25-27-40(38)47(36)46(34)35/h1-30H. The van der Waals surface area contributed by atoms with Crippen molar-refractivity contribution in [1.82, 2.24) is 9.97 Å². The number of fused-ring (bicyclic) bond motifs is 3. The van der Waals surface area contributed by atoms with Crippen LogP contribution >= 0.6 is 11.3 Å². The molecule has 0 unspecified atom stereocenters. The summed E-state index contributed by atoms with van der Waals surface area (Å²) in [6.45, 7) is 0. The molecule has 53 heavy (non-hydrogen) atoms. The van der Waals surface area contributed by atoms with E-state index in [4.69, 9.17) is 9.97 Å². The largest absolute Gasteiger partial charge is 0.228 e. The molecule has 0 atom stereocenters. The third kappa shape index (κ3) is 4.86. The molecule has 2 heterocycles. The quantitative estimate of drug-likeness (QED) is 0.168. The zero-order valence-electron chi connectivity index (χ0n) is 28.6. The van der Waals surface area contributed by atoms with E-state index in [1.54, 1.807) is 0 Å². The van der Waals surface area contributed by atoms with Crippen molar-refractivity contribution in [2.24, 2.45) is 0 Å². The van der Waals surface area contributed by atoms with E-state index >= 15 is 0 Å². The van der Waals surface area contributed by atoms with Crippen molar-refractivity contribution in [3.63, 3.8) is 0 Å². The molecule has 2 aromatic heterocycles. The van der Waals surface area contributed by atoms with Crippen molar-refractivity contribution >= 4 is 63.8 Å². The molecule has 0 fully saturated rings. The van der Waals surface area contributed by atoms with Gasteiger partial charge in [0.05, 0.1) is 11.4 Å². The first-order valence-electron chi connectivity index (χ1n) is 18.0. The number of hydrogen-bond donors (Lipinski definition) is 0. The predicted molar refractivity (Wildman–Crippen MR) is 226 cm³/mol. The fourth-order valence-corrected chi connectivity index (χ4v) is 9.41. The third-order valence-electron chi connectivity index (χ3n) is 10.7. The van der Waals surface area contributed by atoms with Crippen LogP contribution in [0.15, 0.2) is 182 Å². The zero-order valence-corrected chi connectivity index (χ0v) is 29.4. The smallest absolute Gasteiger partial charge is 0.160 e. The maximum Gasteiger partial charge on any atom is 0.160 e. The van der Waals surface area contributed by atoms with Gasteiger partial charge in [-0.3, -0.25) is 0 Å². The van der Waals surface area contributed by atoms with Crippen LogP contribution in [0.25, 0.3) is 109 Å². The minimum Gasteiger partial charge on any atom is -0.228 e. The number of rotatable bonds is 5. The molecule has 0 saturated heterocycles. The highest BCUT2D eigenvalue weighted by atomic mass is 32.1. The van der Waals surface area contributed by atoms with Crippen LogP contribution in [0.4, 0.5) is 0 Å². The second kappa shape index (κ2) is 11.9. The highest BCUT2D eigenvalue weighted by Gasteiger charge is 2.19. The van der Waals surface area contributed by atoms with Crippen molar-refractivity contribution in [2.75, 3.05) is 0 Å². The van der Waals surface area contributed by atoms with E-state index in [0.29, 0.717) is 0 Å². The molecule has 246 valence electrons. The first kappa shape index (κ1) is 30.0. The summed E-state index contributed by atoms with van der Waals surface area (Å²) in [5, 5.41) is 10.3. The number of aromatic nitrogens is 2. The number of thiophene rings is 1. The fraction of sp³-hybridized carbons (Fsp3) is 0. The summed E-state index contributed by atoms with van der Waals surface area (Å²) in [5.41, 5.74) is 9.93. The normalized spacial score (nSPS) is 11.8. The summed E-state index contributed by atoms with van der Waals surface area (Å²) in [4.78, 5) is 10.3. The Bertz CT molecular complexity index is 3070. The van der Waals surface area contributed by atoms with Crippen molar-refractivity contribution in [3.8, 4) is 56.2 Å². The molecule has 11 rings (SSSR count). The van der Waals surface area contributed by atoms with Gasteiger partial charge in [0.1, 0.15) is 0 Å². The van der Waals surface area contributed by atoms with Gasteiger partial charge in [-0.2, -0.15) is 0 Å². The van der Waals surface area contributed by atoms with Crippen LogP contribution < -0.4 is 0 Å². The molecule has 0 aliphatic heterocycles. The lowest BCUT2D eigenvalue weighted by atomic mass is 9.89. The Kier molecular flexibility index (Phi) is 6.76. The van der Waals surface area contributed by atoms with Gasteiger partial charge >= 0.3 is 0 Å². The van der Waals surface area contributed by atoms with Crippen LogP contribution in [0.3, 0.4) is 0 Å². The first-order valence-corrected chi connectivity index (χ1v) is 18.8. The van der Waals surface area contributed by atoms with Crippen LogP contribution in [0.2, 0.25) is 0 Å². The molecule has 0 amide bonds. The van der Waals surface area contributed by atoms with Crippen molar-refractivity contribution < 1.29 is 0 Å². The lowest BCUT2D eigenvalue weighted by molar-refractivity contribution is 1.19. The van der Waals surface area contributed by atoms with Gasteiger partial charge in [0.2, 0.25) is 0 Å². The second-order valence-electron chi connectivity index (χ2n) is 13.7. The van der Waals surface area contributed by atoms with Crippen LogP contribution in [0.5, 0.6) is 0 Å². The molecule has 0 radical (unpaired) electrons. The SMILES string of the molecule is c1ccc(-c2cc(-c3ccc(-c4ccc(-c5ccc6ccc7cccc8ccc5c6c78)cc4)c4sc5ccccc5c34)nc(-c3ccccc3)n2)cc1. The molecule has 0 aliphatic rings. The summed E-state index contributed by atoms with van der Waals surface area (Å²) in [7, 11) is 0. The highest BCUT2D eigenvalue weighted by molar-refractivity contribution is 7.26. The summed E-state index contributed by atoms with van der Waals surface area (Å²) < 4.78 is 2.53. The number of benzene rings is 9. The lowest BCUT2D eigenvalue weighted by Crippen LogP contribution is -1.96. The van der Waals surface area contributed by atoms with Gasteiger partial charge in [-0.05, 0) is 66.7 Å². The monoisotopic (exact) mass is 690 g/mol. The van der Waals surface area contributed by atoms with Crippen LogP contribution in [0, 0.1) is 0 Å². The Labute approximate surface area is 310 Å². The van der Waals surface area contributed by atoms with E-state index in [1.165, 1.54) is 74.7 Å². The summed E-state index contributed by atoms with van der Waals surface area (Å²) >= 11 is 1.86. The van der Waals surface area contributed by atoms with Gasteiger partial charge in [-0.1, -0.05) is 170 Å². The fourth-order valence-electron chi connectivity index (χ4n) is 8.14. The number of hydrogen-bond acceptors (Lipinski definition) is 3. The van der Waals surface area contributed by atoms with E-state index in [-0.39, 0.29) is 0 Å². The minimum atomic E-state index is 0.723. The molecule has 0 saturated carbocycles. The van der Waals surface area contributed by atoms with Gasteiger partial charge in [0, 0.05) is 36.9 Å². The maximum absolute atomic E-state index is 5.23. The lowest BCUT2D eigenvalue weighted by Gasteiger charge is -2.15. The van der Waals surface area contributed by atoms with E-state index in [0.717, 1.165) is 33.9 Å². The molecule has 0 spiro atoms. The van der Waals surface area contributed by atoms with Gasteiger partial charge in [-0.25, -0.2) is 9.97 Å². The van der Waals surface area contributed by atoms with E-state index in [1.807, 2.05) is 35.6 Å². The van der Waals surface area contributed by atoms with Crippen LogP contribution in [0.1, 0.15) is 0 Å². The highest BCUT2D eigenvalue weighted by Crippen LogP contribution is 2.46. The molecule has 0 bridgehead atoms. The zero-order chi connectivity index (χ0) is 34.9. The van der Waals surface area contributed by atoms with Crippen LogP contribution in [-0.4, -0.2) is 9.97 Å². The van der Waals surface area contributed by atoms with Crippen molar-refractivity contribution in [3.05, 3.63) is 182 Å². The third-order valence-corrected chi connectivity index (χ3v) is 11.9. The Morgan fingerprint density at radius 2 is 0.925 bits per heavy atom. The first-order chi connectivity index (χ1) is 26.3. The molecule has 0 aliphatic carbocycles. The Morgan fingerprint density at radius 3 is 1.70 bits per heavy atom. The molecule has 0 N–H and O–H groups in total. The minimum absolute atomic E-state index is 0.723. The summed E-state index contributed by atoms with van der Waals surface area (Å²) in [5.74, 6) is 0.723. The molecule has 2 nitrogen and oxygen atoms in total. The van der Waals surface area contributed by atoms with E-state index in [9.17, 15) is 0 Å².